The van der Waals surface area contributed by atoms with Crippen LogP contribution in [0.3, 0.4) is 0 Å². The summed E-state index contributed by atoms with van der Waals surface area (Å²) in [6, 6.07) is 3.10. The van der Waals surface area contributed by atoms with Gasteiger partial charge in [-0.15, -0.1) is 0 Å². The van der Waals surface area contributed by atoms with Gasteiger partial charge in [-0.1, -0.05) is 20.8 Å². The molecule has 0 radical (unpaired) electrons. The van der Waals surface area contributed by atoms with Crippen LogP contribution in [0.2, 0.25) is 0 Å². The lowest BCUT2D eigenvalue weighted by molar-refractivity contribution is 0.0750. The first-order valence-electron chi connectivity index (χ1n) is 8.14. The number of hydrogen-bond donors (Lipinski definition) is 0. The quantitative estimate of drug-likeness (QED) is 0.847. The number of fused-ring (bicyclic) bond motifs is 1. The fourth-order valence-corrected chi connectivity index (χ4v) is 2.74. The molecule has 1 aliphatic rings. The highest BCUT2D eigenvalue weighted by molar-refractivity contribution is 5.94. The molecule has 0 N–H and O–H groups in total. The highest BCUT2D eigenvalue weighted by Crippen LogP contribution is 2.25. The first kappa shape index (κ1) is 16.4. The first-order chi connectivity index (χ1) is 11.3. The second kappa shape index (κ2) is 5.85. The summed E-state index contributed by atoms with van der Waals surface area (Å²) >= 11 is 0. The molecule has 1 aliphatic heterocycles. The van der Waals surface area contributed by atoms with Gasteiger partial charge in [0.15, 0.2) is 0 Å². The second-order valence-electron chi connectivity index (χ2n) is 7.12. The number of amides is 1. The summed E-state index contributed by atoms with van der Waals surface area (Å²) in [5.74, 6) is 0.631. The van der Waals surface area contributed by atoms with Gasteiger partial charge in [0.1, 0.15) is 5.82 Å². The van der Waals surface area contributed by atoms with Gasteiger partial charge in [-0.3, -0.25) is 9.59 Å². The molecule has 0 atom stereocenters. The van der Waals surface area contributed by atoms with Gasteiger partial charge in [0.05, 0.1) is 12.2 Å². The number of rotatable bonds is 2. The summed E-state index contributed by atoms with van der Waals surface area (Å²) in [6.07, 6.45) is 3.47. The Hall–Kier alpha value is -2.50. The fourth-order valence-electron chi connectivity index (χ4n) is 2.74. The maximum Gasteiger partial charge on any atom is 0.254 e. The van der Waals surface area contributed by atoms with E-state index in [1.807, 2.05) is 13.1 Å². The molecule has 6 heteroatoms. The Bertz CT molecular complexity index is 849. The second-order valence-corrected chi connectivity index (χ2v) is 7.12. The lowest BCUT2D eigenvalue weighted by Gasteiger charge is -2.16. The van der Waals surface area contributed by atoms with E-state index in [0.29, 0.717) is 25.2 Å². The van der Waals surface area contributed by atoms with Crippen molar-refractivity contribution < 1.29 is 4.79 Å². The van der Waals surface area contributed by atoms with E-state index in [4.69, 9.17) is 0 Å². The molecular weight excluding hydrogens is 304 g/mol. The Morgan fingerprint density at radius 1 is 1.29 bits per heavy atom. The summed E-state index contributed by atoms with van der Waals surface area (Å²) in [7, 11) is 0. The maximum absolute atomic E-state index is 12.7. The van der Waals surface area contributed by atoms with E-state index in [-0.39, 0.29) is 16.9 Å². The summed E-state index contributed by atoms with van der Waals surface area (Å²) in [5.41, 5.74) is 2.00. The Morgan fingerprint density at radius 3 is 2.67 bits per heavy atom. The molecule has 0 unspecified atom stereocenters. The Balaban J connectivity index is 1.83. The average Bonchev–Trinajstić information content (AvgIpc) is 2.96. The van der Waals surface area contributed by atoms with E-state index in [9.17, 15) is 9.59 Å². The molecular formula is C18H22N4O2. The van der Waals surface area contributed by atoms with E-state index in [1.54, 1.807) is 21.7 Å². The van der Waals surface area contributed by atoms with Crippen molar-refractivity contribution in [3.63, 3.8) is 0 Å². The third-order valence-electron chi connectivity index (χ3n) is 4.20. The third kappa shape index (κ3) is 2.96. The fraction of sp³-hybridized carbons (Fsp3) is 0.444. The van der Waals surface area contributed by atoms with Crippen molar-refractivity contribution in [1.29, 1.82) is 0 Å². The van der Waals surface area contributed by atoms with E-state index >= 15 is 0 Å². The molecule has 0 saturated heterocycles. The molecule has 2 aromatic rings. The molecule has 0 aliphatic carbocycles. The van der Waals surface area contributed by atoms with Gasteiger partial charge in [0, 0.05) is 48.1 Å². The maximum atomic E-state index is 12.7. The number of carbonyl (C=O) groups excluding carboxylic acids is 1. The van der Waals surface area contributed by atoms with Crippen molar-refractivity contribution in [1.82, 2.24) is 19.4 Å². The molecule has 0 saturated carbocycles. The van der Waals surface area contributed by atoms with Gasteiger partial charge in [0.25, 0.3) is 11.5 Å². The molecule has 24 heavy (non-hydrogen) atoms. The van der Waals surface area contributed by atoms with Crippen LogP contribution in [-0.4, -0.2) is 25.3 Å². The zero-order chi connectivity index (χ0) is 17.5. The van der Waals surface area contributed by atoms with Crippen LogP contribution in [0.4, 0.5) is 0 Å². The normalized spacial score (nSPS) is 13.9. The van der Waals surface area contributed by atoms with Crippen LogP contribution in [0.5, 0.6) is 0 Å². The van der Waals surface area contributed by atoms with Gasteiger partial charge in [0.2, 0.25) is 0 Å². The highest BCUT2D eigenvalue weighted by Gasteiger charge is 2.28. The lowest BCUT2D eigenvalue weighted by atomic mass is 9.95. The summed E-state index contributed by atoms with van der Waals surface area (Å²) < 4.78 is 1.57. The van der Waals surface area contributed by atoms with Gasteiger partial charge >= 0.3 is 0 Å². The van der Waals surface area contributed by atoms with E-state index < -0.39 is 0 Å². The molecule has 3 rings (SSSR count). The van der Waals surface area contributed by atoms with Crippen molar-refractivity contribution in [2.75, 3.05) is 0 Å². The summed E-state index contributed by atoms with van der Waals surface area (Å²) in [6.45, 7) is 9.62. The van der Waals surface area contributed by atoms with Crippen molar-refractivity contribution in [3.8, 4) is 0 Å². The number of carbonyl (C=O) groups is 1. The molecule has 1 amide bonds. The lowest BCUT2D eigenvalue weighted by Crippen LogP contribution is -2.28. The Labute approximate surface area is 141 Å². The first-order valence-corrected chi connectivity index (χ1v) is 8.14. The molecule has 0 bridgehead atoms. The van der Waals surface area contributed by atoms with Gasteiger partial charge in [-0.05, 0) is 13.0 Å². The number of hydrogen-bond acceptors (Lipinski definition) is 4. The highest BCUT2D eigenvalue weighted by atomic mass is 16.2. The predicted octanol–water partition coefficient (Wildman–Crippen LogP) is 2.11. The van der Waals surface area contributed by atoms with Crippen LogP contribution in [0.1, 0.15) is 55.1 Å². The summed E-state index contributed by atoms with van der Waals surface area (Å²) in [4.78, 5) is 35.4. The molecule has 6 nitrogen and oxygen atoms in total. The minimum Gasteiger partial charge on any atom is -0.328 e. The molecule has 0 spiro atoms. The summed E-state index contributed by atoms with van der Waals surface area (Å²) in [5, 5.41) is 0. The van der Waals surface area contributed by atoms with Crippen LogP contribution < -0.4 is 5.56 Å². The van der Waals surface area contributed by atoms with Crippen molar-refractivity contribution in [2.24, 2.45) is 0 Å². The standard InChI is InChI=1S/C18H22N4O2/c1-5-21-7-6-12(8-15(21)23)16(24)22-10-13-9-19-17(18(2,3)4)20-14(13)11-22/h6-9H,5,10-11H2,1-4H3. The molecule has 3 heterocycles. The van der Waals surface area contributed by atoms with Crippen molar-refractivity contribution in [3.05, 3.63) is 57.5 Å². The zero-order valence-electron chi connectivity index (χ0n) is 14.5. The Kier molecular flexibility index (Phi) is 3.99. The number of pyridine rings is 1. The SMILES string of the molecule is CCn1ccc(C(=O)N2Cc3cnc(C(C)(C)C)nc3C2)cc1=O. The average molecular weight is 326 g/mol. The minimum absolute atomic E-state index is 0.128. The van der Waals surface area contributed by atoms with Gasteiger partial charge < -0.3 is 9.47 Å². The predicted molar refractivity (Wildman–Crippen MR) is 90.7 cm³/mol. The Morgan fingerprint density at radius 2 is 2.04 bits per heavy atom. The van der Waals surface area contributed by atoms with Crippen LogP contribution >= 0.6 is 0 Å². The van der Waals surface area contributed by atoms with Gasteiger partial charge in [-0.25, -0.2) is 9.97 Å². The number of nitrogens with zero attached hydrogens (tertiary/aromatic N) is 4. The van der Waals surface area contributed by atoms with E-state index in [1.165, 1.54) is 6.07 Å². The number of aryl methyl sites for hydroxylation is 1. The van der Waals surface area contributed by atoms with Crippen molar-refractivity contribution in [2.45, 2.75) is 52.7 Å². The van der Waals surface area contributed by atoms with Crippen molar-refractivity contribution >= 4 is 5.91 Å². The van der Waals surface area contributed by atoms with Crippen LogP contribution in [0.15, 0.2) is 29.3 Å². The molecule has 0 aromatic carbocycles. The van der Waals surface area contributed by atoms with Crippen LogP contribution in [0, 0.1) is 0 Å². The van der Waals surface area contributed by atoms with Crippen LogP contribution in [0.25, 0.3) is 0 Å². The van der Waals surface area contributed by atoms with E-state index in [2.05, 4.69) is 30.7 Å². The number of aromatic nitrogens is 3. The largest absolute Gasteiger partial charge is 0.328 e. The topological polar surface area (TPSA) is 68.1 Å². The monoisotopic (exact) mass is 326 g/mol. The smallest absolute Gasteiger partial charge is 0.254 e. The minimum atomic E-state index is -0.158. The third-order valence-corrected chi connectivity index (χ3v) is 4.20. The molecule has 0 fully saturated rings. The molecule has 2 aromatic heterocycles. The van der Waals surface area contributed by atoms with Gasteiger partial charge in [-0.2, -0.15) is 0 Å². The molecule has 126 valence electrons. The van der Waals surface area contributed by atoms with E-state index in [0.717, 1.165) is 17.1 Å². The zero-order valence-corrected chi connectivity index (χ0v) is 14.5. The van der Waals surface area contributed by atoms with Crippen LogP contribution in [-0.2, 0) is 25.0 Å².